The Morgan fingerprint density at radius 3 is 2.72 bits per heavy atom. The summed E-state index contributed by atoms with van der Waals surface area (Å²) >= 11 is 0. The van der Waals surface area contributed by atoms with Gasteiger partial charge in [-0.2, -0.15) is 0 Å². The molecule has 6 nitrogen and oxygen atoms in total. The minimum Gasteiger partial charge on any atom is -0.479 e. The van der Waals surface area contributed by atoms with Gasteiger partial charge in [-0.05, 0) is 37.8 Å². The first-order chi connectivity index (χ1) is 12.0. The Morgan fingerprint density at radius 2 is 2.00 bits per heavy atom. The molecule has 2 aromatic rings. The lowest BCUT2D eigenvalue weighted by molar-refractivity contribution is -0.163. The number of aromatic nitrogens is 1. The van der Waals surface area contributed by atoms with E-state index in [1.54, 1.807) is 0 Å². The van der Waals surface area contributed by atoms with E-state index in [-0.39, 0.29) is 18.9 Å². The van der Waals surface area contributed by atoms with Crippen molar-refractivity contribution in [3.8, 4) is 0 Å². The third kappa shape index (κ3) is 2.87. The second-order valence-corrected chi connectivity index (χ2v) is 7.05. The molecular weight excluding hydrogens is 320 g/mol. The largest absolute Gasteiger partial charge is 0.479 e. The highest BCUT2D eigenvalue weighted by molar-refractivity contribution is 6.06. The predicted octanol–water partition coefficient (Wildman–Crippen LogP) is 2.16. The van der Waals surface area contributed by atoms with Crippen LogP contribution in [-0.2, 0) is 4.79 Å². The highest BCUT2D eigenvalue weighted by Gasteiger charge is 2.42. The molecule has 4 rings (SSSR count). The molecule has 2 heterocycles. The Kier molecular flexibility index (Phi) is 3.72. The predicted molar refractivity (Wildman–Crippen MR) is 91.4 cm³/mol. The molecule has 1 aliphatic heterocycles. The number of aliphatic carboxylic acids is 1. The normalized spacial score (nSPS) is 23.6. The van der Waals surface area contributed by atoms with E-state index >= 15 is 0 Å². The number of carboxylic acids is 1. The van der Waals surface area contributed by atoms with E-state index < -0.39 is 11.6 Å². The number of para-hydroxylation sites is 1. The van der Waals surface area contributed by atoms with Gasteiger partial charge in [0.15, 0.2) is 5.60 Å². The number of carbonyl (C=O) groups excluding carboxylic acids is 1. The fourth-order valence-corrected chi connectivity index (χ4v) is 3.52. The first-order valence-electron chi connectivity index (χ1n) is 8.63. The molecule has 6 heteroatoms. The van der Waals surface area contributed by atoms with Crippen LogP contribution in [0.4, 0.5) is 0 Å². The van der Waals surface area contributed by atoms with E-state index in [0.717, 1.165) is 29.4 Å². The van der Waals surface area contributed by atoms with Crippen molar-refractivity contribution in [1.29, 1.82) is 0 Å². The highest BCUT2D eigenvalue weighted by Crippen LogP contribution is 2.40. The van der Waals surface area contributed by atoms with Gasteiger partial charge in [-0.15, -0.1) is 0 Å². The van der Waals surface area contributed by atoms with Gasteiger partial charge in [0.2, 0.25) is 0 Å². The average Bonchev–Trinajstić information content (AvgIpc) is 3.45. The number of piperidine rings is 1. The molecule has 1 aliphatic carbocycles. The number of amides is 1. The van der Waals surface area contributed by atoms with Crippen molar-refractivity contribution >= 4 is 22.8 Å². The van der Waals surface area contributed by atoms with Crippen molar-refractivity contribution < 1.29 is 19.8 Å². The number of carbonyl (C=O) groups is 2. The van der Waals surface area contributed by atoms with Crippen molar-refractivity contribution in [1.82, 2.24) is 9.88 Å². The number of pyridine rings is 1. The summed E-state index contributed by atoms with van der Waals surface area (Å²) in [5.74, 6) is -1.10. The smallest absolute Gasteiger partial charge is 0.337 e. The van der Waals surface area contributed by atoms with E-state index in [1.165, 1.54) is 4.90 Å². The van der Waals surface area contributed by atoms with Gasteiger partial charge in [0.05, 0.1) is 17.6 Å². The molecule has 0 bridgehead atoms. The second kappa shape index (κ2) is 5.81. The standard InChI is InChI=1S/C19H20N2O4/c22-17(21-9-3-8-19(25,11-21)18(23)24)14-10-16(12-6-7-12)20-15-5-2-1-4-13(14)15/h1-2,4-5,10,12,25H,3,6-9,11H2,(H,23,24). The van der Waals surface area contributed by atoms with Crippen LogP contribution in [0.2, 0.25) is 0 Å². The molecule has 1 unspecified atom stereocenters. The van der Waals surface area contributed by atoms with Gasteiger partial charge in [0, 0.05) is 23.5 Å². The van der Waals surface area contributed by atoms with Crippen molar-refractivity contribution in [2.45, 2.75) is 37.2 Å². The monoisotopic (exact) mass is 340 g/mol. The number of fused-ring (bicyclic) bond motifs is 1. The number of hydrogen-bond donors (Lipinski definition) is 2. The zero-order valence-corrected chi connectivity index (χ0v) is 13.8. The maximum absolute atomic E-state index is 13.1. The van der Waals surface area contributed by atoms with E-state index in [0.29, 0.717) is 24.4 Å². The third-order valence-corrected chi connectivity index (χ3v) is 5.12. The Bertz CT molecular complexity index is 862. The second-order valence-electron chi connectivity index (χ2n) is 7.05. The first-order valence-corrected chi connectivity index (χ1v) is 8.63. The van der Waals surface area contributed by atoms with Gasteiger partial charge >= 0.3 is 5.97 Å². The van der Waals surface area contributed by atoms with Gasteiger partial charge in [0.1, 0.15) is 0 Å². The van der Waals surface area contributed by atoms with Gasteiger partial charge in [-0.3, -0.25) is 9.78 Å². The maximum atomic E-state index is 13.1. The molecule has 1 aromatic heterocycles. The number of carboxylic acid groups (broad SMARTS) is 1. The van der Waals surface area contributed by atoms with Crippen LogP contribution in [0.1, 0.15) is 47.7 Å². The number of hydrogen-bond acceptors (Lipinski definition) is 4. The molecular formula is C19H20N2O4. The molecule has 0 spiro atoms. The highest BCUT2D eigenvalue weighted by atomic mass is 16.4. The van der Waals surface area contributed by atoms with Crippen LogP contribution in [0.3, 0.4) is 0 Å². The molecule has 2 aliphatic rings. The molecule has 25 heavy (non-hydrogen) atoms. The molecule has 1 atom stereocenters. The summed E-state index contributed by atoms with van der Waals surface area (Å²) in [6.45, 7) is 0.264. The summed E-state index contributed by atoms with van der Waals surface area (Å²) in [5, 5.41) is 20.3. The van der Waals surface area contributed by atoms with Crippen LogP contribution in [0, 0.1) is 0 Å². The van der Waals surface area contributed by atoms with Crippen LogP contribution in [0.5, 0.6) is 0 Å². The zero-order chi connectivity index (χ0) is 17.6. The minimum atomic E-state index is -1.87. The Morgan fingerprint density at radius 1 is 1.24 bits per heavy atom. The van der Waals surface area contributed by atoms with Crippen LogP contribution >= 0.6 is 0 Å². The maximum Gasteiger partial charge on any atom is 0.337 e. The summed E-state index contributed by atoms with van der Waals surface area (Å²) in [6.07, 6.45) is 2.80. The lowest BCUT2D eigenvalue weighted by atomic mass is 9.92. The summed E-state index contributed by atoms with van der Waals surface area (Å²) in [7, 11) is 0. The molecule has 1 saturated heterocycles. The molecule has 0 radical (unpaired) electrons. The first kappa shape index (κ1) is 16.0. The molecule has 1 saturated carbocycles. The fourth-order valence-electron chi connectivity index (χ4n) is 3.52. The Balaban J connectivity index is 1.73. The molecule has 2 N–H and O–H groups in total. The van der Waals surface area contributed by atoms with E-state index in [2.05, 4.69) is 4.98 Å². The molecule has 1 amide bonds. The summed E-state index contributed by atoms with van der Waals surface area (Å²) < 4.78 is 0. The van der Waals surface area contributed by atoms with Gasteiger partial charge in [-0.25, -0.2) is 4.79 Å². The van der Waals surface area contributed by atoms with Crippen molar-refractivity contribution in [3.05, 3.63) is 41.6 Å². The molecule has 130 valence electrons. The number of β-amino-alcohol motifs (C(OH)–C–C–N with tert-alkyl or cyclic N) is 1. The number of nitrogens with zero attached hydrogens (tertiary/aromatic N) is 2. The van der Waals surface area contributed by atoms with E-state index in [4.69, 9.17) is 0 Å². The summed E-state index contributed by atoms with van der Waals surface area (Å²) in [4.78, 5) is 30.6. The summed E-state index contributed by atoms with van der Waals surface area (Å²) in [5.41, 5.74) is 0.381. The van der Waals surface area contributed by atoms with Crippen molar-refractivity contribution in [3.63, 3.8) is 0 Å². The minimum absolute atomic E-state index is 0.163. The topological polar surface area (TPSA) is 90.7 Å². The quantitative estimate of drug-likeness (QED) is 0.893. The van der Waals surface area contributed by atoms with Gasteiger partial charge in [-0.1, -0.05) is 18.2 Å². The lowest BCUT2D eigenvalue weighted by Gasteiger charge is -2.36. The van der Waals surface area contributed by atoms with Gasteiger partial charge < -0.3 is 15.1 Å². The number of rotatable bonds is 3. The Hall–Kier alpha value is -2.47. The summed E-state index contributed by atoms with van der Waals surface area (Å²) in [6, 6.07) is 9.35. The Labute approximate surface area is 145 Å². The molecule has 2 fully saturated rings. The number of likely N-dealkylation sites (tertiary alicyclic amines) is 1. The average molecular weight is 340 g/mol. The SMILES string of the molecule is O=C(c1cc(C2CC2)nc2ccccc12)N1CCCC(O)(C(=O)O)C1. The fraction of sp³-hybridized carbons (Fsp3) is 0.421. The third-order valence-electron chi connectivity index (χ3n) is 5.12. The van der Waals surface area contributed by atoms with Crippen LogP contribution in [0.25, 0.3) is 10.9 Å². The molecule has 1 aromatic carbocycles. The van der Waals surface area contributed by atoms with Crippen molar-refractivity contribution in [2.24, 2.45) is 0 Å². The van der Waals surface area contributed by atoms with Crippen molar-refractivity contribution in [2.75, 3.05) is 13.1 Å². The van der Waals surface area contributed by atoms with E-state index in [1.807, 2.05) is 30.3 Å². The van der Waals surface area contributed by atoms with Crippen LogP contribution in [0.15, 0.2) is 30.3 Å². The number of benzene rings is 1. The number of aliphatic hydroxyl groups is 1. The zero-order valence-electron chi connectivity index (χ0n) is 13.8. The van der Waals surface area contributed by atoms with Crippen LogP contribution < -0.4 is 0 Å². The lowest BCUT2D eigenvalue weighted by Crippen LogP contribution is -2.54. The van der Waals surface area contributed by atoms with Gasteiger partial charge in [0.25, 0.3) is 5.91 Å². The van der Waals surface area contributed by atoms with Crippen LogP contribution in [-0.4, -0.2) is 50.7 Å². The van der Waals surface area contributed by atoms with E-state index in [9.17, 15) is 19.8 Å².